The molecular weight excluding hydrogens is 308 g/mol. The van der Waals surface area contributed by atoms with Crippen LogP contribution in [0, 0.1) is 0 Å². The zero-order chi connectivity index (χ0) is 16.8. The van der Waals surface area contributed by atoms with Crippen molar-refractivity contribution in [3.8, 4) is 0 Å². The van der Waals surface area contributed by atoms with Crippen LogP contribution in [0.25, 0.3) is 22.2 Å². The number of nitrogens with zero attached hydrogens (tertiary/aromatic N) is 6. The Balaban J connectivity index is 1.82. The van der Waals surface area contributed by atoms with Crippen LogP contribution in [0.3, 0.4) is 0 Å². The molecule has 24 heavy (non-hydrogen) atoms. The zero-order valence-electron chi connectivity index (χ0n) is 13.2. The molecule has 120 valence electrons. The van der Waals surface area contributed by atoms with Crippen LogP contribution >= 0.6 is 0 Å². The average molecular weight is 322 g/mol. The molecule has 0 aliphatic rings. The Bertz CT molecular complexity index is 1200. The molecule has 0 saturated heterocycles. The fourth-order valence-electron chi connectivity index (χ4n) is 2.85. The van der Waals surface area contributed by atoms with Gasteiger partial charge in [-0.1, -0.05) is 6.07 Å². The third kappa shape index (κ3) is 2.03. The van der Waals surface area contributed by atoms with Crippen LogP contribution in [0.2, 0.25) is 0 Å². The quantitative estimate of drug-likeness (QED) is 0.534. The summed E-state index contributed by atoms with van der Waals surface area (Å²) in [4.78, 5) is 36.7. The number of imidazole rings is 1. The Morgan fingerprint density at radius 2 is 1.71 bits per heavy atom. The summed E-state index contributed by atoms with van der Waals surface area (Å²) >= 11 is 0. The standard InChI is InChI=1S/C16H14N6O2/c1-20-11-4-3-10(7-12(11)21(2)16(20)24)8-22-9-19-14-13(15(22)23)17-5-6-18-14/h3-7,9H,8H2,1-2H3. The fourth-order valence-corrected chi connectivity index (χ4v) is 2.85. The zero-order valence-corrected chi connectivity index (χ0v) is 13.2. The molecule has 0 bridgehead atoms. The minimum Gasteiger partial charge on any atom is -0.295 e. The third-order valence-electron chi connectivity index (χ3n) is 4.15. The molecule has 0 spiro atoms. The van der Waals surface area contributed by atoms with Crippen molar-refractivity contribution in [3.05, 3.63) is 63.3 Å². The molecule has 8 nitrogen and oxygen atoms in total. The van der Waals surface area contributed by atoms with Gasteiger partial charge < -0.3 is 0 Å². The second kappa shape index (κ2) is 5.12. The molecule has 0 N–H and O–H groups in total. The first-order valence-electron chi connectivity index (χ1n) is 7.37. The van der Waals surface area contributed by atoms with Crippen molar-refractivity contribution in [1.29, 1.82) is 0 Å². The van der Waals surface area contributed by atoms with Gasteiger partial charge in [-0.3, -0.25) is 18.5 Å². The van der Waals surface area contributed by atoms with Gasteiger partial charge in [0, 0.05) is 26.5 Å². The maximum absolute atomic E-state index is 12.5. The number of rotatable bonds is 2. The Kier molecular flexibility index (Phi) is 3.05. The van der Waals surface area contributed by atoms with E-state index in [4.69, 9.17) is 0 Å². The van der Waals surface area contributed by atoms with Crippen molar-refractivity contribution in [1.82, 2.24) is 28.7 Å². The highest BCUT2D eigenvalue weighted by molar-refractivity contribution is 5.76. The molecule has 0 atom stereocenters. The van der Waals surface area contributed by atoms with E-state index in [1.807, 2.05) is 18.2 Å². The summed E-state index contributed by atoms with van der Waals surface area (Å²) in [6, 6.07) is 5.69. The number of fused-ring (bicyclic) bond motifs is 2. The second-order valence-electron chi connectivity index (χ2n) is 5.63. The van der Waals surface area contributed by atoms with Gasteiger partial charge in [-0.15, -0.1) is 0 Å². The van der Waals surface area contributed by atoms with Gasteiger partial charge in [-0.2, -0.15) is 0 Å². The molecule has 0 aliphatic carbocycles. The molecule has 0 unspecified atom stereocenters. The van der Waals surface area contributed by atoms with E-state index in [9.17, 15) is 9.59 Å². The van der Waals surface area contributed by atoms with E-state index < -0.39 is 0 Å². The average Bonchev–Trinajstić information content (AvgIpc) is 2.82. The van der Waals surface area contributed by atoms with Gasteiger partial charge in [-0.05, 0) is 17.7 Å². The van der Waals surface area contributed by atoms with E-state index in [0.29, 0.717) is 12.2 Å². The number of benzene rings is 1. The summed E-state index contributed by atoms with van der Waals surface area (Å²) < 4.78 is 4.67. The summed E-state index contributed by atoms with van der Waals surface area (Å²) in [5.41, 5.74) is 2.82. The van der Waals surface area contributed by atoms with Crippen molar-refractivity contribution in [2.75, 3.05) is 0 Å². The summed E-state index contributed by atoms with van der Waals surface area (Å²) in [6.07, 6.45) is 4.44. The Labute approximate surface area is 135 Å². The van der Waals surface area contributed by atoms with E-state index in [2.05, 4.69) is 15.0 Å². The van der Waals surface area contributed by atoms with Crippen LogP contribution < -0.4 is 11.2 Å². The van der Waals surface area contributed by atoms with Crippen LogP contribution in [0.15, 0.2) is 46.5 Å². The largest absolute Gasteiger partial charge is 0.328 e. The highest BCUT2D eigenvalue weighted by Gasteiger charge is 2.10. The predicted molar refractivity (Wildman–Crippen MR) is 88.9 cm³/mol. The minimum atomic E-state index is -0.241. The number of hydrogen-bond donors (Lipinski definition) is 0. The van der Waals surface area contributed by atoms with Crippen molar-refractivity contribution in [2.24, 2.45) is 14.1 Å². The SMILES string of the molecule is Cn1c(=O)n(C)c2cc(Cn3cnc4nccnc4c3=O)ccc21. The van der Waals surface area contributed by atoms with Gasteiger partial charge in [-0.25, -0.2) is 19.7 Å². The van der Waals surface area contributed by atoms with E-state index in [1.165, 1.54) is 23.3 Å². The van der Waals surface area contributed by atoms with Crippen LogP contribution in [0.5, 0.6) is 0 Å². The molecule has 8 heteroatoms. The second-order valence-corrected chi connectivity index (χ2v) is 5.63. The Morgan fingerprint density at radius 3 is 2.54 bits per heavy atom. The third-order valence-corrected chi connectivity index (χ3v) is 4.15. The lowest BCUT2D eigenvalue weighted by molar-refractivity contribution is 0.744. The predicted octanol–water partition coefficient (Wildman–Crippen LogP) is 0.425. The molecule has 3 aromatic heterocycles. The maximum atomic E-state index is 12.5. The minimum absolute atomic E-state index is 0.0815. The lowest BCUT2D eigenvalue weighted by Crippen LogP contribution is -2.22. The van der Waals surface area contributed by atoms with E-state index in [0.717, 1.165) is 16.6 Å². The maximum Gasteiger partial charge on any atom is 0.328 e. The van der Waals surface area contributed by atoms with Gasteiger partial charge in [0.15, 0.2) is 11.2 Å². The molecule has 4 aromatic rings. The normalized spacial score (nSPS) is 11.4. The summed E-state index contributed by atoms with van der Waals surface area (Å²) in [5, 5.41) is 0. The molecule has 1 aromatic carbocycles. The Morgan fingerprint density at radius 1 is 0.958 bits per heavy atom. The van der Waals surface area contributed by atoms with Gasteiger partial charge in [0.25, 0.3) is 5.56 Å². The van der Waals surface area contributed by atoms with E-state index in [1.54, 1.807) is 23.2 Å². The van der Waals surface area contributed by atoms with Crippen LogP contribution in [0.1, 0.15) is 5.56 Å². The topological polar surface area (TPSA) is 87.6 Å². The smallest absolute Gasteiger partial charge is 0.295 e. The summed E-state index contributed by atoms with van der Waals surface area (Å²) in [6.45, 7) is 0.345. The summed E-state index contributed by atoms with van der Waals surface area (Å²) in [7, 11) is 3.47. The van der Waals surface area contributed by atoms with Crippen LogP contribution in [-0.4, -0.2) is 28.7 Å². The lowest BCUT2D eigenvalue weighted by Gasteiger charge is -2.06. The first-order chi connectivity index (χ1) is 11.6. The molecule has 0 saturated carbocycles. The van der Waals surface area contributed by atoms with Crippen LogP contribution in [-0.2, 0) is 20.6 Å². The molecule has 4 rings (SSSR count). The van der Waals surface area contributed by atoms with E-state index >= 15 is 0 Å². The fraction of sp³-hybridized carbons (Fsp3) is 0.188. The van der Waals surface area contributed by atoms with Gasteiger partial charge >= 0.3 is 5.69 Å². The van der Waals surface area contributed by atoms with Crippen molar-refractivity contribution in [2.45, 2.75) is 6.54 Å². The highest BCUT2D eigenvalue weighted by Crippen LogP contribution is 2.14. The number of aryl methyl sites for hydroxylation is 2. The van der Waals surface area contributed by atoms with Gasteiger partial charge in [0.1, 0.15) is 6.33 Å². The van der Waals surface area contributed by atoms with Crippen molar-refractivity contribution < 1.29 is 0 Å². The number of aromatic nitrogens is 6. The van der Waals surface area contributed by atoms with Crippen LogP contribution in [0.4, 0.5) is 0 Å². The Hall–Kier alpha value is -3.29. The molecule has 0 radical (unpaired) electrons. The molecular formula is C16H14N6O2. The van der Waals surface area contributed by atoms with Crippen molar-refractivity contribution in [3.63, 3.8) is 0 Å². The molecule has 3 heterocycles. The van der Waals surface area contributed by atoms with E-state index in [-0.39, 0.29) is 16.8 Å². The summed E-state index contributed by atoms with van der Waals surface area (Å²) in [5.74, 6) is 0. The highest BCUT2D eigenvalue weighted by atomic mass is 16.1. The first-order valence-corrected chi connectivity index (χ1v) is 7.37. The molecule has 0 fully saturated rings. The molecule has 0 aliphatic heterocycles. The van der Waals surface area contributed by atoms with Gasteiger partial charge in [0.2, 0.25) is 0 Å². The van der Waals surface area contributed by atoms with Gasteiger partial charge in [0.05, 0.1) is 17.6 Å². The molecule has 0 amide bonds. The first kappa shape index (κ1) is 14.3. The number of hydrogen-bond acceptors (Lipinski definition) is 5. The van der Waals surface area contributed by atoms with Crippen molar-refractivity contribution >= 4 is 22.2 Å². The monoisotopic (exact) mass is 322 g/mol. The lowest BCUT2D eigenvalue weighted by atomic mass is 10.2.